The molecular weight excluding hydrogens is 556 g/mol. The topological polar surface area (TPSA) is 67.2 Å². The van der Waals surface area contributed by atoms with Crippen molar-refractivity contribution < 1.29 is 9.59 Å². The Morgan fingerprint density at radius 1 is 0.953 bits per heavy atom. The molecular formula is C36H45ClN4O2. The number of hydrogen-bond acceptors (Lipinski definition) is 4. The van der Waals surface area contributed by atoms with Gasteiger partial charge in [-0.25, -0.2) is 0 Å². The van der Waals surface area contributed by atoms with E-state index in [1.807, 2.05) is 44.3 Å². The first-order chi connectivity index (χ1) is 20.5. The number of fused-ring (bicyclic) bond motifs is 1. The summed E-state index contributed by atoms with van der Waals surface area (Å²) >= 11 is 6.04. The van der Waals surface area contributed by atoms with Crippen LogP contribution < -0.4 is 5.32 Å². The van der Waals surface area contributed by atoms with Crippen LogP contribution in [0.4, 0.5) is 0 Å². The van der Waals surface area contributed by atoms with E-state index in [4.69, 9.17) is 11.6 Å². The van der Waals surface area contributed by atoms with Gasteiger partial charge in [-0.15, -0.1) is 0 Å². The minimum atomic E-state index is -0.129. The predicted octanol–water partition coefficient (Wildman–Crippen LogP) is 7.76. The van der Waals surface area contributed by atoms with E-state index in [2.05, 4.69) is 48.1 Å². The third-order valence-corrected chi connectivity index (χ3v) is 7.91. The number of carbonyl (C=O) groups excluding carboxylic acids is 2. The summed E-state index contributed by atoms with van der Waals surface area (Å²) in [5.74, 6) is -0.148. The number of benzene rings is 2. The number of aryl methyl sites for hydroxylation is 1. The van der Waals surface area contributed by atoms with Crippen LogP contribution in [-0.2, 0) is 17.8 Å². The first-order valence-corrected chi connectivity index (χ1v) is 15.7. The molecule has 0 atom stereocenters. The molecule has 0 aliphatic carbocycles. The van der Waals surface area contributed by atoms with Crippen LogP contribution >= 0.6 is 11.6 Å². The molecule has 0 spiro atoms. The molecule has 2 aromatic heterocycles. The Kier molecular flexibility index (Phi) is 11.2. The minimum Gasteiger partial charge on any atom is -0.356 e. The summed E-state index contributed by atoms with van der Waals surface area (Å²) in [6.07, 6.45) is 6.36. The average Bonchev–Trinajstić information content (AvgIpc) is 3.22. The lowest BCUT2D eigenvalue weighted by molar-refractivity contribution is -0.120. The number of nitrogens with zero attached hydrogens (tertiary/aromatic N) is 3. The van der Waals surface area contributed by atoms with Gasteiger partial charge < -0.3 is 5.32 Å². The molecule has 228 valence electrons. The molecule has 0 fully saturated rings. The Hall–Kier alpha value is -3.48. The molecule has 6 nitrogen and oxygen atoms in total. The molecule has 4 aromatic rings. The molecule has 0 bridgehead atoms. The quantitative estimate of drug-likeness (QED) is 0.159. The van der Waals surface area contributed by atoms with Gasteiger partial charge in [0.15, 0.2) is 0 Å². The van der Waals surface area contributed by atoms with E-state index < -0.39 is 0 Å². The molecule has 0 aliphatic heterocycles. The number of halogens is 1. The van der Waals surface area contributed by atoms with Crippen molar-refractivity contribution in [3.8, 4) is 0 Å². The van der Waals surface area contributed by atoms with Crippen LogP contribution in [0.1, 0.15) is 79.3 Å². The van der Waals surface area contributed by atoms with E-state index in [0.29, 0.717) is 17.1 Å². The molecule has 2 aromatic carbocycles. The van der Waals surface area contributed by atoms with Crippen molar-refractivity contribution in [2.75, 3.05) is 19.6 Å². The van der Waals surface area contributed by atoms with Gasteiger partial charge in [0.1, 0.15) is 0 Å². The molecule has 43 heavy (non-hydrogen) atoms. The summed E-state index contributed by atoms with van der Waals surface area (Å²) in [5, 5.41) is 4.64. The number of hydrogen-bond donors (Lipinski definition) is 1. The lowest BCUT2D eigenvalue weighted by Crippen LogP contribution is -2.33. The van der Waals surface area contributed by atoms with Crippen molar-refractivity contribution in [2.24, 2.45) is 5.41 Å². The molecule has 1 amide bonds. The summed E-state index contributed by atoms with van der Waals surface area (Å²) in [6.45, 7) is 14.4. The monoisotopic (exact) mass is 600 g/mol. The highest BCUT2D eigenvalue weighted by atomic mass is 35.5. The first kappa shape index (κ1) is 32.4. The minimum absolute atomic E-state index is 0.0192. The number of unbranched alkanes of at least 4 members (excludes halogenated alkanes) is 3. The van der Waals surface area contributed by atoms with Crippen molar-refractivity contribution in [3.63, 3.8) is 0 Å². The predicted molar refractivity (Wildman–Crippen MR) is 177 cm³/mol. The Morgan fingerprint density at radius 3 is 2.40 bits per heavy atom. The van der Waals surface area contributed by atoms with Gasteiger partial charge in [0.25, 0.3) is 5.91 Å². The standard InChI is InChI=1S/C36H45ClN4O2/c1-26-13-18-33-32(22-26)31(27(2)41(33)35(43)28-14-16-29(37)17-15-28)23-34(42)39-20-9-6-7-11-21-40(25-36(3,4)5)24-30-12-8-10-19-38-30/h8,10,12-19,22H,6-7,9,11,20-21,23-25H2,1-5H3,(H,39,42). The maximum absolute atomic E-state index is 13.5. The summed E-state index contributed by atoms with van der Waals surface area (Å²) in [5.41, 5.74) is 5.48. The van der Waals surface area contributed by atoms with Crippen molar-refractivity contribution in [2.45, 2.75) is 73.3 Å². The zero-order valence-electron chi connectivity index (χ0n) is 26.3. The summed E-state index contributed by atoms with van der Waals surface area (Å²) in [4.78, 5) is 33.5. The fraction of sp³-hybridized carbons (Fsp3) is 0.417. The smallest absolute Gasteiger partial charge is 0.262 e. The van der Waals surface area contributed by atoms with Gasteiger partial charge in [0, 0.05) is 47.5 Å². The Morgan fingerprint density at radius 2 is 1.70 bits per heavy atom. The van der Waals surface area contributed by atoms with Crippen LogP contribution in [0.15, 0.2) is 66.9 Å². The highest BCUT2D eigenvalue weighted by Gasteiger charge is 2.22. The zero-order chi connectivity index (χ0) is 31.0. The van der Waals surface area contributed by atoms with Gasteiger partial charge in [-0.2, -0.15) is 0 Å². The van der Waals surface area contributed by atoms with Crippen LogP contribution in [0.3, 0.4) is 0 Å². The molecule has 4 rings (SSSR count). The maximum Gasteiger partial charge on any atom is 0.262 e. The van der Waals surface area contributed by atoms with Crippen LogP contribution in [0.2, 0.25) is 5.02 Å². The summed E-state index contributed by atoms with van der Waals surface area (Å²) in [7, 11) is 0. The van der Waals surface area contributed by atoms with Crippen molar-refractivity contribution in [1.29, 1.82) is 0 Å². The molecule has 7 heteroatoms. The summed E-state index contributed by atoms with van der Waals surface area (Å²) < 4.78 is 1.72. The number of carbonyl (C=O) groups is 2. The Bertz CT molecular complexity index is 1520. The third kappa shape index (κ3) is 9.25. The van der Waals surface area contributed by atoms with E-state index in [-0.39, 0.29) is 23.7 Å². The van der Waals surface area contributed by atoms with Gasteiger partial charge in [-0.3, -0.25) is 24.0 Å². The van der Waals surface area contributed by atoms with E-state index in [9.17, 15) is 9.59 Å². The van der Waals surface area contributed by atoms with Crippen LogP contribution in [0, 0.1) is 19.3 Å². The van der Waals surface area contributed by atoms with Gasteiger partial charge >= 0.3 is 0 Å². The maximum atomic E-state index is 13.5. The Labute approximate surface area is 261 Å². The number of pyridine rings is 1. The van der Waals surface area contributed by atoms with E-state index >= 15 is 0 Å². The second-order valence-electron chi connectivity index (χ2n) is 12.8. The number of amides is 1. The van der Waals surface area contributed by atoms with Crippen molar-refractivity contribution in [1.82, 2.24) is 19.8 Å². The largest absolute Gasteiger partial charge is 0.356 e. The highest BCUT2D eigenvalue weighted by molar-refractivity contribution is 6.30. The van der Waals surface area contributed by atoms with Gasteiger partial charge in [0.2, 0.25) is 5.91 Å². The van der Waals surface area contributed by atoms with Gasteiger partial charge in [-0.1, -0.05) is 62.9 Å². The zero-order valence-corrected chi connectivity index (χ0v) is 27.0. The van der Waals surface area contributed by atoms with Crippen LogP contribution in [0.25, 0.3) is 10.9 Å². The third-order valence-electron chi connectivity index (χ3n) is 7.65. The van der Waals surface area contributed by atoms with E-state index in [1.54, 1.807) is 28.8 Å². The number of aromatic nitrogens is 2. The second-order valence-corrected chi connectivity index (χ2v) is 13.2. The first-order valence-electron chi connectivity index (χ1n) is 15.3. The van der Waals surface area contributed by atoms with Crippen molar-refractivity contribution >= 4 is 34.3 Å². The SMILES string of the molecule is Cc1ccc2c(c1)c(CC(=O)NCCCCCCN(Cc1ccccn1)CC(C)(C)C)c(C)n2C(=O)c1ccc(Cl)cc1. The number of nitrogens with one attached hydrogen (secondary N) is 1. The molecule has 0 saturated heterocycles. The molecule has 0 saturated carbocycles. The van der Waals surface area contributed by atoms with Crippen LogP contribution in [0.5, 0.6) is 0 Å². The number of rotatable bonds is 13. The van der Waals surface area contributed by atoms with Gasteiger partial charge in [-0.05, 0) is 92.7 Å². The van der Waals surface area contributed by atoms with Crippen LogP contribution in [-0.4, -0.2) is 45.9 Å². The fourth-order valence-electron chi connectivity index (χ4n) is 5.67. The van der Waals surface area contributed by atoms with E-state index in [0.717, 1.165) is 78.7 Å². The Balaban J connectivity index is 1.29. The average molecular weight is 601 g/mol. The van der Waals surface area contributed by atoms with Gasteiger partial charge in [0.05, 0.1) is 17.6 Å². The fourth-order valence-corrected chi connectivity index (χ4v) is 5.80. The molecule has 0 radical (unpaired) electrons. The molecule has 0 unspecified atom stereocenters. The second kappa shape index (κ2) is 14.8. The molecule has 2 heterocycles. The van der Waals surface area contributed by atoms with E-state index in [1.165, 1.54) is 0 Å². The lowest BCUT2D eigenvalue weighted by Gasteiger charge is -2.29. The summed E-state index contributed by atoms with van der Waals surface area (Å²) in [6, 6.07) is 19.0. The van der Waals surface area contributed by atoms with Crippen molar-refractivity contribution in [3.05, 3.63) is 100.0 Å². The molecule has 0 aliphatic rings. The lowest BCUT2D eigenvalue weighted by atomic mass is 9.95. The normalized spacial score (nSPS) is 11.8. The molecule has 1 N–H and O–H groups in total. The highest BCUT2D eigenvalue weighted by Crippen LogP contribution is 2.29.